The Hall–Kier alpha value is -2.36. The molecule has 96 valence electrons. The van der Waals surface area contributed by atoms with Gasteiger partial charge in [0.2, 0.25) is 6.10 Å². The Morgan fingerprint density at radius 3 is 2.79 bits per heavy atom. The summed E-state index contributed by atoms with van der Waals surface area (Å²) in [6, 6.07) is 11.4. The second-order valence-electron chi connectivity index (χ2n) is 4.58. The van der Waals surface area contributed by atoms with E-state index in [1.165, 1.54) is 0 Å². The quantitative estimate of drug-likeness (QED) is 0.785. The molecule has 3 rings (SSSR count). The summed E-state index contributed by atoms with van der Waals surface area (Å²) >= 11 is 0. The van der Waals surface area contributed by atoms with Crippen LogP contribution in [0.1, 0.15) is 17.2 Å². The average molecular weight is 254 g/mol. The lowest BCUT2D eigenvalue weighted by Gasteiger charge is -2.31. The summed E-state index contributed by atoms with van der Waals surface area (Å²) in [4.78, 5) is 18.1. The van der Waals surface area contributed by atoms with Crippen molar-refractivity contribution in [3.05, 3.63) is 53.7 Å². The number of amides is 1. The van der Waals surface area contributed by atoms with E-state index in [9.17, 15) is 4.79 Å². The normalized spacial score (nSPS) is 17.9. The molecule has 0 spiro atoms. The molecule has 0 saturated carbocycles. The molecule has 4 heteroatoms. The maximum atomic E-state index is 12.4. The fourth-order valence-electron chi connectivity index (χ4n) is 2.26. The molecule has 0 bridgehead atoms. The lowest BCUT2D eigenvalue weighted by molar-refractivity contribution is -0.126. The van der Waals surface area contributed by atoms with E-state index in [0.29, 0.717) is 11.6 Å². The van der Waals surface area contributed by atoms with Crippen molar-refractivity contribution in [1.29, 1.82) is 0 Å². The number of carbonyl (C=O) groups excluding carboxylic acids is 1. The summed E-state index contributed by atoms with van der Waals surface area (Å²) in [5.74, 6) is 1.11. The van der Waals surface area contributed by atoms with Gasteiger partial charge in [-0.15, -0.1) is 0 Å². The number of carbonyl (C=O) groups is 1. The van der Waals surface area contributed by atoms with E-state index in [-0.39, 0.29) is 5.91 Å². The van der Waals surface area contributed by atoms with Crippen LogP contribution in [0.3, 0.4) is 0 Å². The van der Waals surface area contributed by atoms with E-state index in [4.69, 9.17) is 4.74 Å². The van der Waals surface area contributed by atoms with E-state index < -0.39 is 6.10 Å². The third kappa shape index (κ3) is 1.85. The van der Waals surface area contributed by atoms with Gasteiger partial charge in [-0.1, -0.05) is 24.3 Å². The van der Waals surface area contributed by atoms with Crippen LogP contribution in [0.5, 0.6) is 5.75 Å². The third-order valence-electron chi connectivity index (χ3n) is 3.34. The van der Waals surface area contributed by atoms with Gasteiger partial charge in [0.1, 0.15) is 0 Å². The fraction of sp³-hybridized carbons (Fsp3) is 0.200. The van der Waals surface area contributed by atoms with Crippen LogP contribution in [0.25, 0.3) is 0 Å². The van der Waals surface area contributed by atoms with Crippen LogP contribution in [0.2, 0.25) is 0 Å². The first-order valence-electron chi connectivity index (χ1n) is 6.13. The van der Waals surface area contributed by atoms with Gasteiger partial charge < -0.3 is 4.74 Å². The highest BCUT2D eigenvalue weighted by Crippen LogP contribution is 2.36. The summed E-state index contributed by atoms with van der Waals surface area (Å²) < 4.78 is 5.83. The van der Waals surface area contributed by atoms with Crippen molar-refractivity contribution in [2.75, 3.05) is 11.9 Å². The number of aryl methyl sites for hydroxylation is 1. The molecule has 0 saturated heterocycles. The molecule has 0 fully saturated rings. The molecule has 2 aromatic rings. The second kappa shape index (κ2) is 4.39. The van der Waals surface area contributed by atoms with E-state index >= 15 is 0 Å². The Labute approximate surface area is 111 Å². The lowest BCUT2D eigenvalue weighted by atomic mass is 10.0. The van der Waals surface area contributed by atoms with Gasteiger partial charge in [0.15, 0.2) is 11.6 Å². The number of fused-ring (bicyclic) bond motifs is 1. The first-order chi connectivity index (χ1) is 9.18. The minimum Gasteiger partial charge on any atom is -0.472 e. The van der Waals surface area contributed by atoms with Gasteiger partial charge in [0.05, 0.1) is 0 Å². The zero-order chi connectivity index (χ0) is 13.4. The molecule has 1 aliphatic heterocycles. The Bertz CT molecular complexity index is 640. The first kappa shape index (κ1) is 11.7. The van der Waals surface area contributed by atoms with Crippen molar-refractivity contribution in [2.24, 2.45) is 0 Å². The summed E-state index contributed by atoms with van der Waals surface area (Å²) in [5.41, 5.74) is 1.94. The number of hydrogen-bond acceptors (Lipinski definition) is 3. The van der Waals surface area contributed by atoms with Gasteiger partial charge in [-0.3, -0.25) is 9.69 Å². The van der Waals surface area contributed by atoms with Gasteiger partial charge in [0, 0.05) is 18.8 Å². The number of rotatable bonds is 1. The summed E-state index contributed by atoms with van der Waals surface area (Å²) in [6.07, 6.45) is 1.06. The second-order valence-corrected chi connectivity index (χ2v) is 4.58. The monoisotopic (exact) mass is 254 g/mol. The van der Waals surface area contributed by atoms with Crippen LogP contribution in [0.15, 0.2) is 42.6 Å². The summed E-state index contributed by atoms with van der Waals surface area (Å²) in [6.45, 7) is 1.98. The first-order valence-corrected chi connectivity index (χ1v) is 6.13. The Morgan fingerprint density at radius 1 is 1.21 bits per heavy atom. The predicted octanol–water partition coefficient (Wildman–Crippen LogP) is 2.49. The number of hydrogen-bond donors (Lipinski definition) is 0. The maximum absolute atomic E-state index is 12.4. The molecule has 1 aromatic carbocycles. The number of pyridine rings is 1. The summed E-state index contributed by atoms with van der Waals surface area (Å²) in [5, 5.41) is 0. The van der Waals surface area contributed by atoms with Gasteiger partial charge in [-0.2, -0.15) is 0 Å². The Kier molecular flexibility index (Phi) is 2.71. The molecule has 1 aromatic heterocycles. The predicted molar refractivity (Wildman–Crippen MR) is 72.2 cm³/mol. The van der Waals surface area contributed by atoms with Crippen LogP contribution >= 0.6 is 0 Å². The minimum absolute atomic E-state index is 0.0968. The van der Waals surface area contributed by atoms with Crippen molar-refractivity contribution in [3.8, 4) is 5.75 Å². The number of nitrogens with zero attached hydrogens (tertiary/aromatic N) is 2. The molecule has 1 aliphatic rings. The molecule has 0 radical (unpaired) electrons. The Morgan fingerprint density at radius 2 is 2.00 bits per heavy atom. The lowest BCUT2D eigenvalue weighted by Crippen LogP contribution is -2.39. The molecule has 1 atom stereocenters. The van der Waals surface area contributed by atoms with Crippen molar-refractivity contribution >= 4 is 11.7 Å². The van der Waals surface area contributed by atoms with E-state index in [2.05, 4.69) is 4.98 Å². The average Bonchev–Trinajstić information content (AvgIpc) is 2.44. The van der Waals surface area contributed by atoms with Gasteiger partial charge in [-0.05, 0) is 24.6 Å². The van der Waals surface area contributed by atoms with Crippen molar-refractivity contribution in [3.63, 3.8) is 0 Å². The number of ether oxygens (including phenoxy) is 1. The maximum Gasteiger partial charge on any atom is 0.273 e. The number of benzene rings is 1. The number of likely N-dealkylation sites (N-methyl/N-ethyl adjacent to an activating group) is 1. The van der Waals surface area contributed by atoms with Crippen molar-refractivity contribution in [2.45, 2.75) is 13.0 Å². The van der Waals surface area contributed by atoms with Crippen LogP contribution < -0.4 is 9.64 Å². The molecular formula is C15H14N2O2. The standard InChI is InChI=1S/C15H14N2O2/c1-10-6-3-4-7-11(10)13-15(18)17(2)14-12(19-13)8-5-9-16-14/h3-9,13H,1-2H3. The molecule has 4 nitrogen and oxygen atoms in total. The zero-order valence-electron chi connectivity index (χ0n) is 10.8. The van der Waals surface area contributed by atoms with Crippen molar-refractivity contribution in [1.82, 2.24) is 4.98 Å². The third-order valence-corrected chi connectivity index (χ3v) is 3.34. The largest absolute Gasteiger partial charge is 0.472 e. The molecule has 0 aliphatic carbocycles. The van der Waals surface area contributed by atoms with E-state index in [1.807, 2.05) is 37.3 Å². The zero-order valence-corrected chi connectivity index (χ0v) is 10.8. The molecule has 1 amide bonds. The van der Waals surface area contributed by atoms with Crippen molar-refractivity contribution < 1.29 is 9.53 Å². The fourth-order valence-corrected chi connectivity index (χ4v) is 2.26. The van der Waals surface area contributed by atoms with Gasteiger partial charge in [0.25, 0.3) is 5.91 Å². The smallest absolute Gasteiger partial charge is 0.273 e. The molecule has 0 N–H and O–H groups in total. The molecule has 2 heterocycles. The van der Waals surface area contributed by atoms with Gasteiger partial charge in [-0.25, -0.2) is 4.98 Å². The Balaban J connectivity index is 2.07. The van der Waals surface area contributed by atoms with Gasteiger partial charge >= 0.3 is 0 Å². The summed E-state index contributed by atoms with van der Waals surface area (Å²) in [7, 11) is 1.72. The van der Waals surface area contributed by atoms with E-state index in [1.54, 1.807) is 24.2 Å². The number of aromatic nitrogens is 1. The van der Waals surface area contributed by atoms with Crippen LogP contribution in [-0.2, 0) is 4.79 Å². The van der Waals surface area contributed by atoms with E-state index in [0.717, 1.165) is 11.1 Å². The number of anilines is 1. The SMILES string of the molecule is Cc1ccccc1C1Oc2cccnc2N(C)C1=O. The highest BCUT2D eigenvalue weighted by atomic mass is 16.5. The highest BCUT2D eigenvalue weighted by molar-refractivity contribution is 5.99. The van der Waals surface area contributed by atoms with Crippen LogP contribution in [-0.4, -0.2) is 17.9 Å². The highest BCUT2D eigenvalue weighted by Gasteiger charge is 2.34. The molecule has 19 heavy (non-hydrogen) atoms. The molecule has 1 unspecified atom stereocenters. The topological polar surface area (TPSA) is 42.4 Å². The van der Waals surface area contributed by atoms with Crippen LogP contribution in [0.4, 0.5) is 5.82 Å². The van der Waals surface area contributed by atoms with Crippen LogP contribution in [0, 0.1) is 6.92 Å². The molecular weight excluding hydrogens is 240 g/mol. The minimum atomic E-state index is -0.595.